The van der Waals surface area contributed by atoms with Crippen molar-refractivity contribution >= 4 is 6.29 Å². The maximum atomic E-state index is 9.90. The van der Waals surface area contributed by atoms with Crippen LogP contribution in [0.25, 0.3) is 0 Å². The highest BCUT2D eigenvalue weighted by Gasteiger charge is 2.08. The van der Waals surface area contributed by atoms with Crippen molar-refractivity contribution in [1.29, 1.82) is 0 Å². The first kappa shape index (κ1) is 7.73. The van der Waals surface area contributed by atoms with Crippen LogP contribution in [0, 0.1) is 0 Å². The third-order valence-corrected chi connectivity index (χ3v) is 1.98. The standard InChI is InChI=1S/C8H14NO/c10-8-4-7-9-5-2-1-3-6-9/h1-7H2. The van der Waals surface area contributed by atoms with Crippen molar-refractivity contribution in [1.82, 2.24) is 4.90 Å². The summed E-state index contributed by atoms with van der Waals surface area (Å²) in [4.78, 5) is 12.2. The van der Waals surface area contributed by atoms with Crippen LogP contribution in [0.1, 0.15) is 25.7 Å². The fraction of sp³-hybridized carbons (Fsp3) is 0.875. The molecule has 0 atom stereocenters. The van der Waals surface area contributed by atoms with E-state index < -0.39 is 0 Å². The minimum atomic E-state index is 0.583. The van der Waals surface area contributed by atoms with Crippen LogP contribution in [0.15, 0.2) is 0 Å². The molecule has 0 aromatic rings. The van der Waals surface area contributed by atoms with Crippen LogP contribution in [0.4, 0.5) is 0 Å². The molecule has 0 unspecified atom stereocenters. The molecule has 1 heterocycles. The zero-order chi connectivity index (χ0) is 7.23. The Morgan fingerprint density at radius 3 is 2.50 bits per heavy atom. The minimum absolute atomic E-state index is 0.583. The second kappa shape index (κ2) is 4.45. The van der Waals surface area contributed by atoms with Gasteiger partial charge in [0.05, 0.1) is 0 Å². The predicted molar refractivity (Wildman–Crippen MR) is 40.6 cm³/mol. The van der Waals surface area contributed by atoms with Crippen LogP contribution >= 0.6 is 0 Å². The second-order valence-corrected chi connectivity index (χ2v) is 2.80. The van der Waals surface area contributed by atoms with Gasteiger partial charge in [0.25, 0.3) is 0 Å². The van der Waals surface area contributed by atoms with Gasteiger partial charge in [0.2, 0.25) is 0 Å². The van der Waals surface area contributed by atoms with Crippen molar-refractivity contribution in [2.45, 2.75) is 25.7 Å². The van der Waals surface area contributed by atoms with Crippen molar-refractivity contribution in [3.8, 4) is 0 Å². The number of rotatable bonds is 3. The molecule has 1 saturated heterocycles. The number of likely N-dealkylation sites (tertiary alicyclic amines) is 1. The second-order valence-electron chi connectivity index (χ2n) is 2.80. The summed E-state index contributed by atoms with van der Waals surface area (Å²) in [6.45, 7) is 3.28. The number of hydrogen-bond acceptors (Lipinski definition) is 2. The van der Waals surface area contributed by atoms with E-state index in [9.17, 15) is 4.79 Å². The molecular formula is C8H14NO. The molecule has 0 N–H and O–H groups in total. The summed E-state index contributed by atoms with van der Waals surface area (Å²) in [5, 5.41) is 0. The molecule has 1 fully saturated rings. The molecule has 2 heteroatoms. The van der Waals surface area contributed by atoms with Gasteiger partial charge in [-0.2, -0.15) is 0 Å². The molecule has 0 spiro atoms. The Morgan fingerprint density at radius 2 is 1.90 bits per heavy atom. The lowest BCUT2D eigenvalue weighted by Crippen LogP contribution is -2.30. The summed E-state index contributed by atoms with van der Waals surface area (Å²) in [7, 11) is 0. The Kier molecular flexibility index (Phi) is 3.44. The van der Waals surface area contributed by atoms with Crippen molar-refractivity contribution in [3.63, 3.8) is 0 Å². The average Bonchev–Trinajstić information content (AvgIpc) is 2.03. The average molecular weight is 140 g/mol. The van der Waals surface area contributed by atoms with Crippen molar-refractivity contribution in [3.05, 3.63) is 0 Å². The van der Waals surface area contributed by atoms with Crippen LogP contribution in [0.5, 0.6) is 0 Å². The summed E-state index contributed by atoms with van der Waals surface area (Å²) in [6.07, 6.45) is 6.48. The van der Waals surface area contributed by atoms with E-state index in [1.54, 1.807) is 0 Å². The maximum Gasteiger partial charge on any atom is 0.199 e. The van der Waals surface area contributed by atoms with E-state index in [1.807, 2.05) is 6.29 Å². The van der Waals surface area contributed by atoms with Gasteiger partial charge >= 0.3 is 0 Å². The van der Waals surface area contributed by atoms with Crippen LogP contribution in [0.3, 0.4) is 0 Å². The molecule has 1 rings (SSSR count). The van der Waals surface area contributed by atoms with Gasteiger partial charge in [-0.1, -0.05) is 6.42 Å². The van der Waals surface area contributed by atoms with Gasteiger partial charge in [-0.3, -0.25) is 4.79 Å². The molecule has 0 aliphatic carbocycles. The zero-order valence-corrected chi connectivity index (χ0v) is 6.31. The molecule has 57 valence electrons. The summed E-state index contributed by atoms with van der Waals surface area (Å²) >= 11 is 0. The lowest BCUT2D eigenvalue weighted by Gasteiger charge is -2.25. The molecule has 0 saturated carbocycles. The Bertz CT molecular complexity index is 97.4. The van der Waals surface area contributed by atoms with E-state index in [2.05, 4.69) is 4.90 Å². The quantitative estimate of drug-likeness (QED) is 0.582. The van der Waals surface area contributed by atoms with Crippen LogP contribution in [-0.4, -0.2) is 30.8 Å². The normalized spacial score (nSPS) is 20.8. The summed E-state index contributed by atoms with van der Waals surface area (Å²) in [6, 6.07) is 0. The smallest absolute Gasteiger partial charge is 0.199 e. The van der Waals surface area contributed by atoms with E-state index in [1.165, 1.54) is 32.4 Å². The van der Waals surface area contributed by atoms with E-state index >= 15 is 0 Å². The lowest BCUT2D eigenvalue weighted by molar-refractivity contribution is 0.234. The Hall–Kier alpha value is -0.370. The molecule has 1 radical (unpaired) electrons. The lowest BCUT2D eigenvalue weighted by atomic mass is 10.1. The molecule has 0 amide bonds. The molecule has 1 aliphatic rings. The monoisotopic (exact) mass is 140 g/mol. The van der Waals surface area contributed by atoms with Gasteiger partial charge in [0.1, 0.15) is 0 Å². The van der Waals surface area contributed by atoms with Gasteiger partial charge in [-0.05, 0) is 25.9 Å². The summed E-state index contributed by atoms with van der Waals surface area (Å²) < 4.78 is 0. The Labute approximate surface area is 62.2 Å². The first-order chi connectivity index (χ1) is 4.93. The molecular weight excluding hydrogens is 126 g/mol. The van der Waals surface area contributed by atoms with Crippen molar-refractivity contribution < 1.29 is 4.79 Å². The largest absolute Gasteiger partial charge is 0.303 e. The highest BCUT2D eigenvalue weighted by atomic mass is 16.1. The maximum absolute atomic E-state index is 9.90. The molecule has 2 nitrogen and oxygen atoms in total. The fourth-order valence-corrected chi connectivity index (χ4v) is 1.39. The molecule has 10 heavy (non-hydrogen) atoms. The minimum Gasteiger partial charge on any atom is -0.303 e. The Balaban J connectivity index is 2.07. The molecule has 0 aromatic carbocycles. The Morgan fingerprint density at radius 1 is 1.20 bits per heavy atom. The highest BCUT2D eigenvalue weighted by Crippen LogP contribution is 2.07. The van der Waals surface area contributed by atoms with Gasteiger partial charge < -0.3 is 4.90 Å². The summed E-state index contributed by atoms with van der Waals surface area (Å²) in [5.74, 6) is 0. The van der Waals surface area contributed by atoms with Crippen LogP contribution < -0.4 is 0 Å². The van der Waals surface area contributed by atoms with E-state index in [-0.39, 0.29) is 0 Å². The molecule has 1 aliphatic heterocycles. The van der Waals surface area contributed by atoms with Crippen molar-refractivity contribution in [2.75, 3.05) is 19.6 Å². The third-order valence-electron chi connectivity index (χ3n) is 1.98. The van der Waals surface area contributed by atoms with Gasteiger partial charge in [-0.15, -0.1) is 0 Å². The van der Waals surface area contributed by atoms with E-state index in [0.717, 1.165) is 6.54 Å². The predicted octanol–water partition coefficient (Wildman–Crippen LogP) is 0.972. The topological polar surface area (TPSA) is 20.3 Å². The summed E-state index contributed by atoms with van der Waals surface area (Å²) in [5.41, 5.74) is 0. The van der Waals surface area contributed by atoms with Gasteiger partial charge in [0.15, 0.2) is 6.29 Å². The van der Waals surface area contributed by atoms with Crippen molar-refractivity contribution in [2.24, 2.45) is 0 Å². The number of carbonyl (C=O) groups excluding carboxylic acids is 1. The zero-order valence-electron chi connectivity index (χ0n) is 6.31. The van der Waals surface area contributed by atoms with Crippen LogP contribution in [-0.2, 0) is 4.79 Å². The number of hydrogen-bond donors (Lipinski definition) is 0. The van der Waals surface area contributed by atoms with Crippen LogP contribution in [0.2, 0.25) is 0 Å². The SMILES string of the molecule is O=[C]CCN1CCCCC1. The first-order valence-electron chi connectivity index (χ1n) is 4.01. The fourth-order valence-electron chi connectivity index (χ4n) is 1.39. The third kappa shape index (κ3) is 2.48. The highest BCUT2D eigenvalue weighted by molar-refractivity contribution is 5.50. The molecule has 0 aromatic heterocycles. The molecule has 0 bridgehead atoms. The van der Waals surface area contributed by atoms with E-state index in [0.29, 0.717) is 6.42 Å². The number of piperidine rings is 1. The first-order valence-corrected chi connectivity index (χ1v) is 4.01. The van der Waals surface area contributed by atoms with Gasteiger partial charge in [0, 0.05) is 13.0 Å². The van der Waals surface area contributed by atoms with E-state index in [4.69, 9.17) is 0 Å². The van der Waals surface area contributed by atoms with Gasteiger partial charge in [-0.25, -0.2) is 0 Å². The number of nitrogens with zero attached hydrogens (tertiary/aromatic N) is 1.